The van der Waals surface area contributed by atoms with E-state index in [1.54, 1.807) is 32.0 Å². The quantitative estimate of drug-likeness (QED) is 0.553. The van der Waals surface area contributed by atoms with Gasteiger partial charge in [0.25, 0.3) is 0 Å². The molecule has 0 aromatic heterocycles. The van der Waals surface area contributed by atoms with Crippen molar-refractivity contribution in [2.75, 3.05) is 13.2 Å². The Morgan fingerprint density at radius 1 is 1.38 bits per heavy atom. The van der Waals surface area contributed by atoms with Crippen LogP contribution in [0.25, 0.3) is 0 Å². The minimum Gasteiger partial charge on any atom is -0.492 e. The highest BCUT2D eigenvalue weighted by atomic mass is 16.5. The molecule has 1 aromatic rings. The lowest BCUT2D eigenvalue weighted by Crippen LogP contribution is -2.44. The van der Waals surface area contributed by atoms with Crippen LogP contribution in [-0.2, 0) is 9.59 Å². The van der Waals surface area contributed by atoms with Gasteiger partial charge in [-0.3, -0.25) is 0 Å². The highest BCUT2D eigenvalue weighted by Crippen LogP contribution is 2.17. The monoisotopic (exact) mass is 288 g/mol. The van der Waals surface area contributed by atoms with E-state index in [0.717, 1.165) is 12.6 Å². The highest BCUT2D eigenvalue weighted by Gasteiger charge is 2.28. The third-order valence-corrected chi connectivity index (χ3v) is 3.19. The molecular formula is C16H20N2O3. The van der Waals surface area contributed by atoms with Gasteiger partial charge in [-0.25, -0.2) is 0 Å². The van der Waals surface area contributed by atoms with E-state index >= 15 is 0 Å². The minimum atomic E-state index is -0.726. The number of hydrogen-bond acceptors (Lipinski definition) is 5. The summed E-state index contributed by atoms with van der Waals surface area (Å²) in [5, 5.41) is 12.0. The number of nitrogens with zero attached hydrogens (tertiary/aromatic N) is 1. The van der Waals surface area contributed by atoms with Gasteiger partial charge in [0.1, 0.15) is 24.4 Å². The summed E-state index contributed by atoms with van der Waals surface area (Å²) in [5.74, 6) is 0.556. The van der Waals surface area contributed by atoms with Gasteiger partial charge in [-0.1, -0.05) is 26.0 Å². The van der Waals surface area contributed by atoms with Crippen LogP contribution in [-0.4, -0.2) is 31.8 Å². The molecule has 0 aliphatic carbocycles. The summed E-state index contributed by atoms with van der Waals surface area (Å²) < 4.78 is 5.54. The summed E-state index contributed by atoms with van der Waals surface area (Å²) >= 11 is 0. The second-order valence-electron chi connectivity index (χ2n) is 5.32. The third kappa shape index (κ3) is 5.01. The summed E-state index contributed by atoms with van der Waals surface area (Å²) in [6, 6.07) is 8.59. The van der Waals surface area contributed by atoms with Crippen LogP contribution in [0.5, 0.6) is 5.75 Å². The van der Waals surface area contributed by atoms with Crippen LogP contribution in [0, 0.1) is 16.7 Å². The Balaban J connectivity index is 2.36. The highest BCUT2D eigenvalue weighted by molar-refractivity contribution is 5.71. The number of carbonyl (C=O) groups is 2. The first-order chi connectivity index (χ1) is 10.0. The molecule has 1 rings (SSSR count). The van der Waals surface area contributed by atoms with Crippen molar-refractivity contribution in [3.63, 3.8) is 0 Å². The second-order valence-corrected chi connectivity index (χ2v) is 5.32. The number of aldehydes is 2. The maximum atomic E-state index is 11.0. The van der Waals surface area contributed by atoms with Crippen molar-refractivity contribution in [3.05, 3.63) is 29.8 Å². The van der Waals surface area contributed by atoms with E-state index in [1.165, 1.54) is 0 Å². The fraction of sp³-hybridized carbons (Fsp3) is 0.438. The first-order valence-corrected chi connectivity index (χ1v) is 6.82. The van der Waals surface area contributed by atoms with E-state index in [0.29, 0.717) is 30.9 Å². The van der Waals surface area contributed by atoms with Crippen molar-refractivity contribution in [1.82, 2.24) is 5.32 Å². The van der Waals surface area contributed by atoms with Crippen LogP contribution in [0.1, 0.15) is 25.8 Å². The van der Waals surface area contributed by atoms with Gasteiger partial charge in [-0.05, 0) is 25.1 Å². The molecule has 0 spiro atoms. The van der Waals surface area contributed by atoms with Crippen molar-refractivity contribution >= 4 is 12.6 Å². The van der Waals surface area contributed by atoms with Crippen LogP contribution in [0.15, 0.2) is 24.3 Å². The summed E-state index contributed by atoms with van der Waals surface area (Å²) in [4.78, 5) is 21.9. The van der Waals surface area contributed by atoms with Crippen LogP contribution in [0.4, 0.5) is 0 Å². The molecule has 21 heavy (non-hydrogen) atoms. The maximum absolute atomic E-state index is 11.0. The van der Waals surface area contributed by atoms with E-state index in [-0.39, 0.29) is 0 Å². The smallest absolute Gasteiger partial charge is 0.137 e. The molecule has 1 N–H and O–H groups in total. The molecule has 0 amide bonds. The maximum Gasteiger partial charge on any atom is 0.137 e. The molecule has 1 atom stereocenters. The number of nitrogens with one attached hydrogen (secondary N) is 1. The predicted octanol–water partition coefficient (Wildman–Crippen LogP) is 1.71. The molecule has 0 saturated carbocycles. The molecule has 1 unspecified atom stereocenters. The first-order valence-electron chi connectivity index (χ1n) is 6.82. The summed E-state index contributed by atoms with van der Waals surface area (Å²) in [6.45, 7) is 4.41. The van der Waals surface area contributed by atoms with E-state index < -0.39 is 11.5 Å². The van der Waals surface area contributed by atoms with Gasteiger partial charge >= 0.3 is 0 Å². The molecule has 0 bridgehead atoms. The third-order valence-electron chi connectivity index (χ3n) is 3.19. The average molecular weight is 288 g/mol. The summed E-state index contributed by atoms with van der Waals surface area (Å²) in [7, 11) is 0. The molecule has 0 heterocycles. The Labute approximate surface area is 124 Å². The molecule has 5 nitrogen and oxygen atoms in total. The van der Waals surface area contributed by atoms with Crippen LogP contribution >= 0.6 is 0 Å². The lowest BCUT2D eigenvalue weighted by atomic mass is 9.87. The van der Waals surface area contributed by atoms with Gasteiger partial charge < -0.3 is 19.6 Å². The average Bonchev–Trinajstić information content (AvgIpc) is 2.50. The van der Waals surface area contributed by atoms with Crippen molar-refractivity contribution in [3.8, 4) is 11.8 Å². The number of para-hydroxylation sites is 1. The Bertz CT molecular complexity index is 520. The molecule has 0 radical (unpaired) electrons. The van der Waals surface area contributed by atoms with Crippen molar-refractivity contribution in [2.24, 2.45) is 5.41 Å². The molecule has 5 heteroatoms. The number of carbonyl (C=O) groups excluding carboxylic acids is 2. The zero-order valence-corrected chi connectivity index (χ0v) is 12.3. The molecule has 112 valence electrons. The SMILES string of the molecule is CC(C)(C=O)C(C=O)NCCCOc1ccccc1C#N. The zero-order valence-electron chi connectivity index (χ0n) is 12.3. The minimum absolute atomic E-state index is 0.429. The molecular weight excluding hydrogens is 268 g/mol. The lowest BCUT2D eigenvalue weighted by Gasteiger charge is -2.25. The summed E-state index contributed by atoms with van der Waals surface area (Å²) in [5.41, 5.74) is -0.228. The number of benzene rings is 1. The van der Waals surface area contributed by atoms with E-state index in [2.05, 4.69) is 11.4 Å². The predicted molar refractivity (Wildman–Crippen MR) is 79.0 cm³/mol. The van der Waals surface area contributed by atoms with Gasteiger partial charge in [0, 0.05) is 5.41 Å². The van der Waals surface area contributed by atoms with Crippen molar-refractivity contribution in [2.45, 2.75) is 26.3 Å². The van der Waals surface area contributed by atoms with Gasteiger partial charge in [-0.15, -0.1) is 0 Å². The van der Waals surface area contributed by atoms with E-state index in [4.69, 9.17) is 10.00 Å². The van der Waals surface area contributed by atoms with Gasteiger partial charge in [0.15, 0.2) is 0 Å². The van der Waals surface area contributed by atoms with Gasteiger partial charge in [0.05, 0.1) is 18.2 Å². The molecule has 0 aliphatic rings. The standard InChI is InChI=1S/C16H20N2O3/c1-16(2,12-20)15(11-19)18-8-5-9-21-14-7-4-3-6-13(14)10-17/h3-4,6-7,11-12,15,18H,5,8-9H2,1-2H3. The van der Waals surface area contributed by atoms with Crippen LogP contribution < -0.4 is 10.1 Å². The Hall–Kier alpha value is -2.19. The second kappa shape index (κ2) is 8.18. The topological polar surface area (TPSA) is 79.2 Å². The largest absolute Gasteiger partial charge is 0.492 e. The van der Waals surface area contributed by atoms with Crippen molar-refractivity contribution in [1.29, 1.82) is 5.26 Å². The summed E-state index contributed by atoms with van der Waals surface area (Å²) in [6.07, 6.45) is 2.19. The van der Waals surface area contributed by atoms with E-state index in [1.807, 2.05) is 6.07 Å². The normalized spacial score (nSPS) is 12.2. The van der Waals surface area contributed by atoms with Crippen LogP contribution in [0.3, 0.4) is 0 Å². The fourth-order valence-electron chi connectivity index (χ4n) is 1.76. The zero-order chi connectivity index (χ0) is 15.7. The first kappa shape index (κ1) is 16.9. The lowest BCUT2D eigenvalue weighted by molar-refractivity contribution is -0.121. The van der Waals surface area contributed by atoms with Gasteiger partial charge in [0.2, 0.25) is 0 Å². The van der Waals surface area contributed by atoms with Crippen LogP contribution in [0.2, 0.25) is 0 Å². The van der Waals surface area contributed by atoms with Gasteiger partial charge in [-0.2, -0.15) is 5.26 Å². The Morgan fingerprint density at radius 2 is 2.10 bits per heavy atom. The Morgan fingerprint density at radius 3 is 2.71 bits per heavy atom. The molecule has 0 fully saturated rings. The number of hydrogen-bond donors (Lipinski definition) is 1. The molecule has 1 aromatic carbocycles. The molecule has 0 aliphatic heterocycles. The Kier molecular flexibility index (Phi) is 6.57. The number of ether oxygens (including phenoxy) is 1. The van der Waals surface area contributed by atoms with Crippen molar-refractivity contribution < 1.29 is 14.3 Å². The van der Waals surface area contributed by atoms with E-state index in [9.17, 15) is 9.59 Å². The number of nitriles is 1. The molecule has 0 saturated heterocycles. The fourth-order valence-corrected chi connectivity index (χ4v) is 1.76. The number of rotatable bonds is 9.